The number of hydrogen-bond acceptors (Lipinski definition) is 2. The van der Waals surface area contributed by atoms with Crippen molar-refractivity contribution in [2.75, 3.05) is 5.32 Å². The highest BCUT2D eigenvalue weighted by atomic mass is 79.9. The molecule has 1 aromatic rings. The van der Waals surface area contributed by atoms with Gasteiger partial charge in [0.25, 0.3) is 0 Å². The molecule has 0 fully saturated rings. The molecule has 6 heteroatoms. The summed E-state index contributed by atoms with van der Waals surface area (Å²) in [5.41, 5.74) is 5.69. The number of amides is 1. The minimum atomic E-state index is -0.655. The molecule has 15 heavy (non-hydrogen) atoms. The van der Waals surface area contributed by atoms with E-state index < -0.39 is 11.9 Å². The van der Waals surface area contributed by atoms with Gasteiger partial charge in [0.15, 0.2) is 0 Å². The van der Waals surface area contributed by atoms with E-state index in [4.69, 9.17) is 17.3 Å². The second-order valence-corrected chi connectivity index (χ2v) is 4.28. The second-order valence-electron chi connectivity index (χ2n) is 3.02. The maximum Gasteiger partial charge on any atom is 0.241 e. The van der Waals surface area contributed by atoms with Gasteiger partial charge in [0, 0.05) is 4.47 Å². The molecule has 1 amide bonds. The van der Waals surface area contributed by atoms with Gasteiger partial charge >= 0.3 is 0 Å². The van der Waals surface area contributed by atoms with Gasteiger partial charge in [-0.1, -0.05) is 11.6 Å². The van der Waals surface area contributed by atoms with Crippen LogP contribution in [0.1, 0.15) is 6.92 Å². The van der Waals surface area contributed by atoms with Gasteiger partial charge in [-0.15, -0.1) is 0 Å². The lowest BCUT2D eigenvalue weighted by Gasteiger charge is -2.11. The third-order valence-electron chi connectivity index (χ3n) is 1.67. The summed E-state index contributed by atoms with van der Waals surface area (Å²) in [6, 6.07) is 1.67. The quantitative estimate of drug-likeness (QED) is 0.881. The van der Waals surface area contributed by atoms with Crippen molar-refractivity contribution in [3.05, 3.63) is 27.4 Å². The lowest BCUT2D eigenvalue weighted by Crippen LogP contribution is -2.32. The van der Waals surface area contributed by atoms with E-state index in [1.165, 1.54) is 6.07 Å². The molecule has 0 spiro atoms. The molecule has 0 bridgehead atoms. The predicted octanol–water partition coefficient (Wildman–Crippen LogP) is 2.53. The molecule has 3 nitrogen and oxygen atoms in total. The van der Waals surface area contributed by atoms with Crippen LogP contribution in [-0.2, 0) is 4.79 Å². The lowest BCUT2D eigenvalue weighted by atomic mass is 10.2. The first-order valence-electron chi connectivity index (χ1n) is 4.13. The fourth-order valence-corrected chi connectivity index (χ4v) is 1.80. The number of nitrogens with two attached hydrogens (primary N) is 1. The van der Waals surface area contributed by atoms with Crippen LogP contribution in [0, 0.1) is 5.82 Å². The minimum Gasteiger partial charge on any atom is -0.322 e. The molecule has 0 aliphatic rings. The Morgan fingerprint density at radius 3 is 2.73 bits per heavy atom. The molecule has 3 N–H and O–H groups in total. The second kappa shape index (κ2) is 4.92. The highest BCUT2D eigenvalue weighted by Crippen LogP contribution is 2.31. The minimum absolute atomic E-state index is 0.121. The van der Waals surface area contributed by atoms with Gasteiger partial charge in [0.1, 0.15) is 5.82 Å². The summed E-state index contributed by atoms with van der Waals surface area (Å²) in [5.74, 6) is -0.866. The van der Waals surface area contributed by atoms with E-state index in [0.717, 1.165) is 6.07 Å². The number of anilines is 1. The highest BCUT2D eigenvalue weighted by Gasteiger charge is 2.13. The third kappa shape index (κ3) is 3.15. The average molecular weight is 296 g/mol. The molecule has 0 aliphatic heterocycles. The van der Waals surface area contributed by atoms with Crippen LogP contribution in [-0.4, -0.2) is 11.9 Å². The van der Waals surface area contributed by atoms with Crippen LogP contribution >= 0.6 is 27.5 Å². The van der Waals surface area contributed by atoms with E-state index in [1.807, 2.05) is 0 Å². The normalized spacial score (nSPS) is 12.3. The molecule has 0 unspecified atom stereocenters. The molecule has 82 valence electrons. The SMILES string of the molecule is C[C@H](N)C(=O)Nc1c(Cl)cc(F)cc1Br. The topological polar surface area (TPSA) is 55.1 Å². The predicted molar refractivity (Wildman–Crippen MR) is 61.4 cm³/mol. The van der Waals surface area contributed by atoms with Crippen molar-refractivity contribution in [1.29, 1.82) is 0 Å². The summed E-state index contributed by atoms with van der Waals surface area (Å²) in [6.07, 6.45) is 0. The summed E-state index contributed by atoms with van der Waals surface area (Å²) in [6.45, 7) is 1.54. The first kappa shape index (κ1) is 12.4. The van der Waals surface area contributed by atoms with Crippen LogP contribution in [0.2, 0.25) is 5.02 Å². The Kier molecular flexibility index (Phi) is 4.07. The van der Waals surface area contributed by atoms with Crippen LogP contribution in [0.3, 0.4) is 0 Å². The number of nitrogens with one attached hydrogen (secondary N) is 1. The average Bonchev–Trinajstić information content (AvgIpc) is 2.10. The lowest BCUT2D eigenvalue weighted by molar-refractivity contribution is -0.117. The molecular weight excluding hydrogens is 286 g/mol. The summed E-state index contributed by atoms with van der Waals surface area (Å²) in [4.78, 5) is 11.3. The van der Waals surface area contributed by atoms with E-state index in [9.17, 15) is 9.18 Å². The van der Waals surface area contributed by atoms with Crippen molar-refractivity contribution in [3.63, 3.8) is 0 Å². The Morgan fingerprint density at radius 1 is 1.67 bits per heavy atom. The molecule has 0 aromatic heterocycles. The van der Waals surface area contributed by atoms with Gasteiger partial charge in [-0.25, -0.2) is 4.39 Å². The third-order valence-corrected chi connectivity index (χ3v) is 2.59. The number of carbonyl (C=O) groups is 1. The van der Waals surface area contributed by atoms with Crippen molar-refractivity contribution in [2.24, 2.45) is 5.73 Å². The van der Waals surface area contributed by atoms with Crippen LogP contribution in [0.15, 0.2) is 16.6 Å². The van der Waals surface area contributed by atoms with Gasteiger partial charge < -0.3 is 11.1 Å². The molecule has 0 saturated heterocycles. The zero-order chi connectivity index (χ0) is 11.6. The Labute approximate surface area is 99.9 Å². The Balaban J connectivity index is 3.00. The zero-order valence-electron chi connectivity index (χ0n) is 7.85. The van der Waals surface area contributed by atoms with Gasteiger partial charge in [-0.05, 0) is 35.0 Å². The van der Waals surface area contributed by atoms with Gasteiger partial charge in [0.05, 0.1) is 16.8 Å². The first-order valence-corrected chi connectivity index (χ1v) is 5.30. The van der Waals surface area contributed by atoms with E-state index in [0.29, 0.717) is 10.2 Å². The van der Waals surface area contributed by atoms with Crippen LogP contribution < -0.4 is 11.1 Å². The van der Waals surface area contributed by atoms with E-state index in [2.05, 4.69) is 21.2 Å². The number of carbonyl (C=O) groups excluding carboxylic acids is 1. The molecule has 0 aliphatic carbocycles. The number of benzene rings is 1. The van der Waals surface area contributed by atoms with Gasteiger partial charge in [0.2, 0.25) is 5.91 Å². The molecule has 0 radical (unpaired) electrons. The molecule has 1 atom stereocenters. The fraction of sp³-hybridized carbons (Fsp3) is 0.222. The molecular formula is C9H9BrClFN2O. The Hall–Kier alpha value is -0.650. The van der Waals surface area contributed by atoms with E-state index >= 15 is 0 Å². The Bertz CT molecular complexity index is 375. The number of rotatable bonds is 2. The molecule has 1 aromatic carbocycles. The first-order chi connectivity index (χ1) is 6.91. The fourth-order valence-electron chi connectivity index (χ4n) is 0.899. The van der Waals surface area contributed by atoms with E-state index in [1.54, 1.807) is 6.92 Å². The molecule has 0 heterocycles. The summed E-state index contributed by atoms with van der Waals surface area (Å²) in [7, 11) is 0. The molecule has 1 rings (SSSR count). The Morgan fingerprint density at radius 2 is 2.27 bits per heavy atom. The number of halogens is 3. The molecule has 0 saturated carbocycles. The van der Waals surface area contributed by atoms with Crippen molar-refractivity contribution < 1.29 is 9.18 Å². The summed E-state index contributed by atoms with van der Waals surface area (Å²) in [5, 5.41) is 2.62. The van der Waals surface area contributed by atoms with Crippen molar-refractivity contribution in [3.8, 4) is 0 Å². The smallest absolute Gasteiger partial charge is 0.241 e. The largest absolute Gasteiger partial charge is 0.322 e. The maximum atomic E-state index is 12.9. The van der Waals surface area contributed by atoms with Crippen LogP contribution in [0.4, 0.5) is 10.1 Å². The van der Waals surface area contributed by atoms with Crippen LogP contribution in [0.25, 0.3) is 0 Å². The standard InChI is InChI=1S/C9H9BrClFN2O/c1-4(13)9(15)14-8-6(10)2-5(12)3-7(8)11/h2-4H,13H2,1H3,(H,14,15)/t4-/m0/s1. The number of hydrogen-bond donors (Lipinski definition) is 2. The monoisotopic (exact) mass is 294 g/mol. The van der Waals surface area contributed by atoms with Gasteiger partial charge in [-0.3, -0.25) is 4.79 Å². The summed E-state index contributed by atoms with van der Waals surface area (Å²) >= 11 is 8.85. The highest BCUT2D eigenvalue weighted by molar-refractivity contribution is 9.10. The van der Waals surface area contributed by atoms with Crippen LogP contribution in [0.5, 0.6) is 0 Å². The van der Waals surface area contributed by atoms with Crippen molar-refractivity contribution >= 4 is 39.1 Å². The van der Waals surface area contributed by atoms with Crippen molar-refractivity contribution in [2.45, 2.75) is 13.0 Å². The van der Waals surface area contributed by atoms with Gasteiger partial charge in [-0.2, -0.15) is 0 Å². The van der Waals surface area contributed by atoms with Crippen molar-refractivity contribution in [1.82, 2.24) is 0 Å². The zero-order valence-corrected chi connectivity index (χ0v) is 10.2. The van der Waals surface area contributed by atoms with E-state index in [-0.39, 0.29) is 10.9 Å². The summed E-state index contributed by atoms with van der Waals surface area (Å²) < 4.78 is 13.2. The maximum absolute atomic E-state index is 12.9.